The largest absolute Gasteiger partial charge is 0.350 e. The first-order valence-corrected chi connectivity index (χ1v) is 8.71. The smallest absolute Gasteiger partial charge is 0.333 e. The van der Waals surface area contributed by atoms with Crippen LogP contribution >= 0.6 is 0 Å². The van der Waals surface area contributed by atoms with Crippen molar-refractivity contribution in [2.45, 2.75) is 20.4 Å². The Morgan fingerprint density at radius 1 is 1.17 bits per heavy atom. The van der Waals surface area contributed by atoms with Gasteiger partial charge in [-0.25, -0.2) is 18.7 Å². The number of nitrogens with zero attached hydrogens (tertiary/aromatic N) is 3. The molecule has 10 heteroatoms. The van der Waals surface area contributed by atoms with Gasteiger partial charge in [-0.05, 0) is 26.0 Å². The molecule has 0 unspecified atom stereocenters. The van der Waals surface area contributed by atoms with Crippen molar-refractivity contribution in [3.8, 4) is 5.69 Å². The van der Waals surface area contributed by atoms with Gasteiger partial charge in [0, 0.05) is 30.5 Å². The van der Waals surface area contributed by atoms with Gasteiger partial charge in [0.2, 0.25) is 0 Å². The van der Waals surface area contributed by atoms with Crippen LogP contribution in [0.25, 0.3) is 5.69 Å². The number of amides is 1. The van der Waals surface area contributed by atoms with Gasteiger partial charge in [-0.2, -0.15) is 0 Å². The summed E-state index contributed by atoms with van der Waals surface area (Å²) in [6.45, 7) is 3.57. The Kier molecular flexibility index (Phi) is 5.53. The van der Waals surface area contributed by atoms with E-state index < -0.39 is 23.0 Å². The zero-order valence-corrected chi connectivity index (χ0v) is 15.7. The highest BCUT2D eigenvalue weighted by atomic mass is 19.1. The molecule has 0 saturated heterocycles. The van der Waals surface area contributed by atoms with Gasteiger partial charge in [-0.3, -0.25) is 19.0 Å². The van der Waals surface area contributed by atoms with Gasteiger partial charge in [-0.1, -0.05) is 12.1 Å². The predicted molar refractivity (Wildman–Crippen MR) is 103 cm³/mol. The number of hydrogen-bond donors (Lipinski definition) is 2. The average molecular weight is 399 g/mol. The molecule has 0 saturated carbocycles. The maximum Gasteiger partial charge on any atom is 0.333 e. The molecule has 3 aromatic rings. The molecule has 150 valence electrons. The van der Waals surface area contributed by atoms with Crippen molar-refractivity contribution in [1.82, 2.24) is 24.4 Å². The van der Waals surface area contributed by atoms with Crippen LogP contribution in [0.4, 0.5) is 4.39 Å². The second-order valence-electron chi connectivity index (χ2n) is 6.31. The van der Waals surface area contributed by atoms with E-state index in [1.165, 1.54) is 29.1 Å². The zero-order chi connectivity index (χ0) is 21.1. The van der Waals surface area contributed by atoms with Crippen LogP contribution in [-0.4, -0.2) is 31.6 Å². The molecule has 0 spiro atoms. The van der Waals surface area contributed by atoms with E-state index in [1.807, 2.05) is 0 Å². The molecular formula is C19H18FN5O4. The van der Waals surface area contributed by atoms with Crippen LogP contribution in [0.5, 0.6) is 0 Å². The third-order valence-corrected chi connectivity index (χ3v) is 4.47. The summed E-state index contributed by atoms with van der Waals surface area (Å²) < 4.78 is 15.9. The SMILES string of the molecule is Cc1ncn(CCNC(=O)c2c[nH]c(=O)n(-c3ccccc3F)c2=O)c(=O)c1C. The van der Waals surface area contributed by atoms with E-state index in [2.05, 4.69) is 15.3 Å². The first kappa shape index (κ1) is 19.9. The number of rotatable bonds is 5. The summed E-state index contributed by atoms with van der Waals surface area (Å²) >= 11 is 0. The highest BCUT2D eigenvalue weighted by Gasteiger charge is 2.17. The maximum absolute atomic E-state index is 14.0. The number of hydrogen-bond acceptors (Lipinski definition) is 5. The van der Waals surface area contributed by atoms with Crippen molar-refractivity contribution < 1.29 is 9.18 Å². The molecule has 0 bridgehead atoms. The summed E-state index contributed by atoms with van der Waals surface area (Å²) in [6.07, 6.45) is 2.35. The molecule has 0 aliphatic rings. The molecule has 0 aliphatic heterocycles. The van der Waals surface area contributed by atoms with Gasteiger partial charge in [0.05, 0.1) is 12.0 Å². The van der Waals surface area contributed by atoms with Crippen LogP contribution in [0.15, 0.2) is 51.2 Å². The number of H-pyrrole nitrogens is 1. The van der Waals surface area contributed by atoms with E-state index in [1.54, 1.807) is 13.8 Å². The van der Waals surface area contributed by atoms with Gasteiger partial charge in [0.15, 0.2) is 0 Å². The van der Waals surface area contributed by atoms with Gasteiger partial charge in [-0.15, -0.1) is 0 Å². The molecule has 3 rings (SSSR count). The second-order valence-corrected chi connectivity index (χ2v) is 6.31. The Hall–Kier alpha value is -3.82. The lowest BCUT2D eigenvalue weighted by Gasteiger charge is -2.10. The van der Waals surface area contributed by atoms with Gasteiger partial charge in [0.25, 0.3) is 17.0 Å². The lowest BCUT2D eigenvalue weighted by molar-refractivity contribution is 0.0949. The highest BCUT2D eigenvalue weighted by molar-refractivity contribution is 5.93. The third-order valence-electron chi connectivity index (χ3n) is 4.47. The lowest BCUT2D eigenvalue weighted by Crippen LogP contribution is -2.41. The van der Waals surface area contributed by atoms with Crippen molar-refractivity contribution in [1.29, 1.82) is 0 Å². The topological polar surface area (TPSA) is 119 Å². The number of carbonyl (C=O) groups excluding carboxylic acids is 1. The maximum atomic E-state index is 14.0. The lowest BCUT2D eigenvalue weighted by atomic mass is 10.2. The van der Waals surface area contributed by atoms with E-state index in [4.69, 9.17) is 0 Å². The van der Waals surface area contributed by atoms with Crippen LogP contribution in [-0.2, 0) is 6.54 Å². The number of benzene rings is 1. The van der Waals surface area contributed by atoms with Crippen molar-refractivity contribution in [2.75, 3.05) is 6.54 Å². The number of halogens is 1. The van der Waals surface area contributed by atoms with Crippen LogP contribution < -0.4 is 22.1 Å². The summed E-state index contributed by atoms with van der Waals surface area (Å²) in [5.74, 6) is -1.54. The van der Waals surface area contributed by atoms with Crippen molar-refractivity contribution in [2.24, 2.45) is 0 Å². The molecule has 2 aromatic heterocycles. The summed E-state index contributed by atoms with van der Waals surface area (Å²) in [5, 5.41) is 2.51. The molecule has 1 amide bonds. The summed E-state index contributed by atoms with van der Waals surface area (Å²) in [6, 6.07) is 5.24. The van der Waals surface area contributed by atoms with E-state index >= 15 is 0 Å². The molecule has 2 heterocycles. The second kappa shape index (κ2) is 8.05. The normalized spacial score (nSPS) is 10.7. The van der Waals surface area contributed by atoms with E-state index in [0.29, 0.717) is 15.8 Å². The first-order valence-electron chi connectivity index (χ1n) is 8.71. The Bertz CT molecular complexity index is 1260. The Labute approximate surface area is 163 Å². The van der Waals surface area contributed by atoms with E-state index in [0.717, 1.165) is 12.3 Å². The minimum Gasteiger partial charge on any atom is -0.350 e. The van der Waals surface area contributed by atoms with Crippen molar-refractivity contribution in [3.63, 3.8) is 0 Å². The fraction of sp³-hybridized carbons (Fsp3) is 0.211. The third kappa shape index (κ3) is 3.91. The number of carbonyl (C=O) groups is 1. The van der Waals surface area contributed by atoms with Crippen molar-refractivity contribution in [3.05, 3.63) is 90.6 Å². The Morgan fingerprint density at radius 3 is 2.62 bits per heavy atom. The number of para-hydroxylation sites is 1. The zero-order valence-electron chi connectivity index (χ0n) is 15.7. The molecule has 2 N–H and O–H groups in total. The van der Waals surface area contributed by atoms with Gasteiger partial charge in [0.1, 0.15) is 11.4 Å². The molecule has 0 atom stereocenters. The van der Waals surface area contributed by atoms with Crippen LogP contribution in [0.1, 0.15) is 21.6 Å². The van der Waals surface area contributed by atoms with Crippen LogP contribution in [0.2, 0.25) is 0 Å². The average Bonchev–Trinajstić information content (AvgIpc) is 2.69. The van der Waals surface area contributed by atoms with Gasteiger partial charge >= 0.3 is 5.69 Å². The quantitative estimate of drug-likeness (QED) is 0.638. The standard InChI is InChI=1S/C19H18FN5O4/c1-11-12(2)23-10-24(17(11)27)8-7-21-16(26)13-9-22-19(29)25(18(13)28)15-6-4-3-5-14(15)20/h3-6,9-10H,7-8H2,1-2H3,(H,21,26)(H,22,29). The highest BCUT2D eigenvalue weighted by Crippen LogP contribution is 2.08. The van der Waals surface area contributed by atoms with Gasteiger partial charge < -0.3 is 10.3 Å². The molecule has 0 radical (unpaired) electrons. The fourth-order valence-electron chi connectivity index (χ4n) is 2.71. The fourth-order valence-corrected chi connectivity index (χ4v) is 2.71. The van der Waals surface area contributed by atoms with E-state index in [9.17, 15) is 23.6 Å². The monoisotopic (exact) mass is 399 g/mol. The molecule has 29 heavy (non-hydrogen) atoms. The van der Waals surface area contributed by atoms with Crippen LogP contribution in [0.3, 0.4) is 0 Å². The van der Waals surface area contributed by atoms with E-state index in [-0.39, 0.29) is 29.9 Å². The van der Waals surface area contributed by atoms with Crippen molar-refractivity contribution >= 4 is 5.91 Å². The minimum atomic E-state index is -0.957. The number of nitrogens with one attached hydrogen (secondary N) is 2. The van der Waals surface area contributed by atoms with Crippen LogP contribution in [0, 0.1) is 19.7 Å². The Balaban J connectivity index is 1.82. The molecule has 9 nitrogen and oxygen atoms in total. The predicted octanol–water partition coefficient (Wildman–Crippen LogP) is 0.268. The Morgan fingerprint density at radius 2 is 1.90 bits per heavy atom. The minimum absolute atomic E-state index is 0.0428. The molecular weight excluding hydrogens is 381 g/mol. The first-order chi connectivity index (χ1) is 13.8. The summed E-state index contributed by atoms with van der Waals surface area (Å²) in [7, 11) is 0. The molecule has 0 fully saturated rings. The molecule has 1 aromatic carbocycles. The number of aryl methyl sites for hydroxylation is 1. The number of aromatic nitrogens is 4. The summed E-state index contributed by atoms with van der Waals surface area (Å²) in [4.78, 5) is 55.5. The summed E-state index contributed by atoms with van der Waals surface area (Å²) in [5.41, 5.74) is -1.55. The number of aromatic amines is 1. The molecule has 0 aliphatic carbocycles.